The molecule has 0 spiro atoms. The van der Waals surface area contributed by atoms with Gasteiger partial charge >= 0.3 is 0 Å². The molecular formula is C14H23N5. The van der Waals surface area contributed by atoms with Crippen molar-refractivity contribution in [1.29, 1.82) is 0 Å². The van der Waals surface area contributed by atoms with Crippen molar-refractivity contribution in [3.8, 4) is 0 Å². The van der Waals surface area contributed by atoms with E-state index in [4.69, 9.17) is 5.84 Å². The molecule has 2 saturated carbocycles. The summed E-state index contributed by atoms with van der Waals surface area (Å²) in [5.74, 6) is 9.96. The van der Waals surface area contributed by atoms with Crippen molar-refractivity contribution in [2.45, 2.75) is 32.6 Å². The molecule has 1 aromatic heterocycles. The molecule has 1 aromatic rings. The average molecular weight is 261 g/mol. The van der Waals surface area contributed by atoms with Gasteiger partial charge in [0.2, 0.25) is 0 Å². The summed E-state index contributed by atoms with van der Waals surface area (Å²) in [6.07, 6.45) is 7.33. The molecule has 3 unspecified atom stereocenters. The number of nitrogen functional groups attached to an aromatic ring is 1. The average Bonchev–Trinajstić information content (AvgIpc) is 3.01. The smallest absolute Gasteiger partial charge is 0.148 e. The third kappa shape index (κ3) is 2.27. The van der Waals surface area contributed by atoms with Crippen LogP contribution in [0.2, 0.25) is 0 Å². The van der Waals surface area contributed by atoms with Crippen LogP contribution in [0.25, 0.3) is 0 Å². The van der Waals surface area contributed by atoms with Crippen molar-refractivity contribution in [1.82, 2.24) is 9.97 Å². The van der Waals surface area contributed by atoms with Crippen molar-refractivity contribution < 1.29 is 0 Å². The first-order valence-electron chi connectivity index (χ1n) is 7.18. The van der Waals surface area contributed by atoms with E-state index in [2.05, 4.69) is 27.3 Å². The maximum atomic E-state index is 5.47. The van der Waals surface area contributed by atoms with Gasteiger partial charge < -0.3 is 10.3 Å². The number of nitrogens with one attached hydrogen (secondary N) is 1. The first-order chi connectivity index (χ1) is 9.19. The summed E-state index contributed by atoms with van der Waals surface area (Å²) in [6, 6.07) is 0. The lowest BCUT2D eigenvalue weighted by atomic mass is 9.88. The molecule has 2 bridgehead atoms. The second kappa shape index (κ2) is 4.96. The van der Waals surface area contributed by atoms with Crippen LogP contribution < -0.4 is 16.2 Å². The van der Waals surface area contributed by atoms with Crippen LogP contribution in [-0.4, -0.2) is 23.6 Å². The Morgan fingerprint density at radius 1 is 1.37 bits per heavy atom. The minimum atomic E-state index is 0.713. The summed E-state index contributed by atoms with van der Waals surface area (Å²) in [5, 5.41) is 0. The van der Waals surface area contributed by atoms with E-state index in [0.29, 0.717) is 5.82 Å². The second-order valence-electron chi connectivity index (χ2n) is 6.13. The summed E-state index contributed by atoms with van der Waals surface area (Å²) in [5.41, 5.74) is 3.66. The summed E-state index contributed by atoms with van der Waals surface area (Å²) in [6.45, 7) is 3.12. The fraction of sp³-hybridized carbons (Fsp3) is 0.714. The van der Waals surface area contributed by atoms with Crippen LogP contribution in [-0.2, 0) is 0 Å². The Morgan fingerprint density at radius 3 is 2.84 bits per heavy atom. The molecule has 0 aliphatic heterocycles. The highest BCUT2D eigenvalue weighted by Crippen LogP contribution is 2.48. The zero-order valence-corrected chi connectivity index (χ0v) is 11.8. The van der Waals surface area contributed by atoms with E-state index in [1.54, 1.807) is 6.33 Å². The van der Waals surface area contributed by atoms with Crippen LogP contribution >= 0.6 is 0 Å². The molecular weight excluding hydrogens is 238 g/mol. The molecule has 3 N–H and O–H groups in total. The maximum absolute atomic E-state index is 5.47. The zero-order valence-electron chi connectivity index (χ0n) is 11.8. The Balaban J connectivity index is 1.72. The minimum Gasteiger partial charge on any atom is -0.359 e. The Morgan fingerprint density at radius 2 is 2.21 bits per heavy atom. The number of anilines is 2. The fourth-order valence-corrected chi connectivity index (χ4v) is 4.01. The van der Waals surface area contributed by atoms with Crippen LogP contribution in [0.3, 0.4) is 0 Å². The molecule has 2 fully saturated rings. The molecule has 3 rings (SSSR count). The number of nitrogens with two attached hydrogens (primary N) is 1. The molecule has 1 heterocycles. The normalized spacial score (nSPS) is 28.7. The van der Waals surface area contributed by atoms with E-state index in [0.717, 1.165) is 35.7 Å². The van der Waals surface area contributed by atoms with Crippen LogP contribution in [0, 0.1) is 24.7 Å². The van der Waals surface area contributed by atoms with Gasteiger partial charge in [-0.1, -0.05) is 6.42 Å². The van der Waals surface area contributed by atoms with Gasteiger partial charge in [0.25, 0.3) is 0 Å². The number of hydrogen-bond acceptors (Lipinski definition) is 5. The third-order valence-corrected chi connectivity index (χ3v) is 4.95. The van der Waals surface area contributed by atoms with Gasteiger partial charge in [-0.05, 0) is 43.9 Å². The Labute approximate surface area is 114 Å². The minimum absolute atomic E-state index is 0.713. The van der Waals surface area contributed by atoms with E-state index in [1.165, 1.54) is 25.7 Å². The molecule has 2 aliphatic carbocycles. The predicted octanol–water partition coefficient (Wildman–Crippen LogP) is 1.94. The van der Waals surface area contributed by atoms with E-state index in [1.807, 2.05) is 6.92 Å². The number of fused-ring (bicyclic) bond motifs is 2. The van der Waals surface area contributed by atoms with E-state index < -0.39 is 0 Å². The largest absolute Gasteiger partial charge is 0.359 e. The topological polar surface area (TPSA) is 67.1 Å². The van der Waals surface area contributed by atoms with Crippen LogP contribution in [0.1, 0.15) is 31.2 Å². The molecule has 0 saturated heterocycles. The molecule has 0 aromatic carbocycles. The number of hydrazine groups is 1. The molecule has 0 amide bonds. The molecule has 5 nitrogen and oxygen atoms in total. The van der Waals surface area contributed by atoms with Crippen molar-refractivity contribution in [2.75, 3.05) is 23.9 Å². The van der Waals surface area contributed by atoms with Gasteiger partial charge in [-0.25, -0.2) is 15.8 Å². The lowest BCUT2D eigenvalue weighted by Crippen LogP contribution is -2.30. The second-order valence-corrected chi connectivity index (χ2v) is 6.13. The van der Waals surface area contributed by atoms with Crippen LogP contribution in [0.5, 0.6) is 0 Å². The van der Waals surface area contributed by atoms with E-state index >= 15 is 0 Å². The molecule has 19 heavy (non-hydrogen) atoms. The highest BCUT2D eigenvalue weighted by Gasteiger charge is 2.39. The summed E-state index contributed by atoms with van der Waals surface area (Å²) < 4.78 is 0. The standard InChI is InChI=1S/C14H23N5/c1-9-13(18-15)16-8-17-14(9)19(2)7-12-6-10-3-4-11(12)5-10/h8,10-12H,3-7,15H2,1-2H3,(H,16,17,18). The van der Waals surface area contributed by atoms with Crippen molar-refractivity contribution >= 4 is 11.6 Å². The Hall–Kier alpha value is -1.36. The summed E-state index contributed by atoms with van der Waals surface area (Å²) in [7, 11) is 2.13. The first kappa shape index (κ1) is 12.7. The van der Waals surface area contributed by atoms with E-state index in [-0.39, 0.29) is 0 Å². The maximum Gasteiger partial charge on any atom is 0.148 e. The third-order valence-electron chi connectivity index (χ3n) is 4.95. The van der Waals surface area contributed by atoms with Gasteiger partial charge in [-0.3, -0.25) is 0 Å². The molecule has 3 atom stereocenters. The SMILES string of the molecule is Cc1c(NN)ncnc1N(C)CC1CC2CCC1C2. The monoisotopic (exact) mass is 261 g/mol. The molecule has 0 radical (unpaired) electrons. The van der Waals surface area contributed by atoms with Crippen LogP contribution in [0.15, 0.2) is 6.33 Å². The van der Waals surface area contributed by atoms with Gasteiger partial charge in [0.1, 0.15) is 18.0 Å². The van der Waals surface area contributed by atoms with Crippen molar-refractivity contribution in [3.05, 3.63) is 11.9 Å². The van der Waals surface area contributed by atoms with Gasteiger partial charge in [-0.15, -0.1) is 0 Å². The van der Waals surface area contributed by atoms with Crippen molar-refractivity contribution in [2.24, 2.45) is 23.6 Å². The van der Waals surface area contributed by atoms with Gasteiger partial charge in [0, 0.05) is 19.2 Å². The van der Waals surface area contributed by atoms with Gasteiger partial charge in [0.05, 0.1) is 0 Å². The molecule has 2 aliphatic rings. The number of rotatable bonds is 4. The Bertz CT molecular complexity index is 461. The predicted molar refractivity (Wildman–Crippen MR) is 76.8 cm³/mol. The highest BCUT2D eigenvalue weighted by atomic mass is 15.3. The quantitative estimate of drug-likeness (QED) is 0.640. The fourth-order valence-electron chi connectivity index (χ4n) is 4.01. The molecule has 104 valence electrons. The summed E-state index contributed by atoms with van der Waals surface area (Å²) in [4.78, 5) is 10.8. The van der Waals surface area contributed by atoms with Gasteiger partial charge in [0.15, 0.2) is 0 Å². The molecule has 5 heteroatoms. The summed E-state index contributed by atoms with van der Waals surface area (Å²) >= 11 is 0. The van der Waals surface area contributed by atoms with Crippen LogP contribution in [0.4, 0.5) is 11.6 Å². The Kier molecular flexibility index (Phi) is 3.31. The van der Waals surface area contributed by atoms with E-state index in [9.17, 15) is 0 Å². The highest BCUT2D eigenvalue weighted by molar-refractivity contribution is 5.57. The zero-order chi connectivity index (χ0) is 13.4. The lowest BCUT2D eigenvalue weighted by Gasteiger charge is -2.28. The van der Waals surface area contributed by atoms with Gasteiger partial charge in [-0.2, -0.15) is 0 Å². The first-order valence-corrected chi connectivity index (χ1v) is 7.18. The number of hydrogen-bond donors (Lipinski definition) is 2. The van der Waals surface area contributed by atoms with Crippen molar-refractivity contribution in [3.63, 3.8) is 0 Å². The lowest BCUT2D eigenvalue weighted by molar-refractivity contribution is 0.337. The number of aromatic nitrogens is 2. The number of nitrogens with zero attached hydrogens (tertiary/aromatic N) is 3.